The molecule has 0 nitrogen and oxygen atoms in total. The molecule has 0 aliphatic rings. The molecular formula is CeCl4SnTi. The average molecular weight is 449 g/mol. The van der Waals surface area contributed by atoms with Gasteiger partial charge in [0.2, 0.25) is 0 Å². The van der Waals surface area contributed by atoms with Crippen molar-refractivity contribution in [3.63, 3.8) is 0 Å². The largest absolute Gasteiger partial charge is 0 e. The van der Waals surface area contributed by atoms with Gasteiger partial charge in [-0.2, -0.15) is 0 Å². The zero-order chi connectivity index (χ0) is 4.50. The first-order chi connectivity index (χ1) is 2.00. The maximum atomic E-state index is 5.04. The summed E-state index contributed by atoms with van der Waals surface area (Å²) < 4.78 is 0. The molecule has 0 N–H and O–H groups in total. The fourth-order valence-corrected chi connectivity index (χ4v) is 0. The first-order valence-corrected chi connectivity index (χ1v) is 15.2. The van der Waals surface area contributed by atoms with Crippen molar-refractivity contribution in [2.45, 2.75) is 0 Å². The molecule has 0 aliphatic carbocycles. The summed E-state index contributed by atoms with van der Waals surface area (Å²) in [6.45, 7) is 0. The normalized spacial score (nSPS) is 8.57. The maximum absolute atomic E-state index is 5.04. The van der Waals surface area contributed by atoms with Crippen molar-refractivity contribution in [1.82, 2.24) is 0 Å². The van der Waals surface area contributed by atoms with Crippen LogP contribution in [-0.4, -0.2) is 13.9 Å². The van der Waals surface area contributed by atoms with Gasteiger partial charge in [-0.05, 0) is 0 Å². The number of hydrogen-bond donors (Lipinski definition) is 0. The van der Waals surface area contributed by atoms with Crippen molar-refractivity contribution in [1.29, 1.82) is 0 Å². The molecule has 7 heavy (non-hydrogen) atoms. The molecule has 0 radical (unpaired) electrons. The van der Waals surface area contributed by atoms with E-state index in [1.54, 1.807) is 0 Å². The van der Waals surface area contributed by atoms with Crippen LogP contribution in [0.4, 0.5) is 0 Å². The predicted octanol–water partition coefficient (Wildman–Crippen LogP) is 2.37. The van der Waals surface area contributed by atoms with Crippen LogP contribution in [0, 0.1) is 41.7 Å². The van der Waals surface area contributed by atoms with Gasteiger partial charge < -0.3 is 0 Å². The standard InChI is InChI=1S/Ce.4ClH.Sn.Ti/h;4*1H;;/q;;;;;+4;/p-4. The number of halogens is 4. The Morgan fingerprint density at radius 2 is 0.857 bits per heavy atom. The van der Waals surface area contributed by atoms with E-state index in [2.05, 4.69) is 0 Å². The molecule has 0 saturated heterocycles. The van der Waals surface area contributed by atoms with Crippen LogP contribution >= 0.6 is 35.7 Å². The molecule has 0 fully saturated rings. The van der Waals surface area contributed by atoms with E-state index in [0.29, 0.717) is 0 Å². The molecule has 0 atom stereocenters. The van der Waals surface area contributed by atoms with Crippen LogP contribution in [0.15, 0.2) is 0 Å². The van der Waals surface area contributed by atoms with E-state index in [0.717, 1.165) is 0 Å². The second kappa shape index (κ2) is 8.15. The summed E-state index contributed by atoms with van der Waals surface area (Å²) in [6.07, 6.45) is 0. The summed E-state index contributed by atoms with van der Waals surface area (Å²) in [4.78, 5) is 0. The Morgan fingerprint density at radius 3 is 0.857 bits per heavy atom. The average Bonchev–Trinajstić information content (AvgIpc) is 0.722. The Bertz CT molecular complexity index is 27.2. The minimum Gasteiger partial charge on any atom is 0 e. The van der Waals surface area contributed by atoms with Gasteiger partial charge in [0, 0.05) is 63.5 Å². The maximum Gasteiger partial charge on any atom is 0 e. The van der Waals surface area contributed by atoms with Gasteiger partial charge >= 0.3 is 49.6 Å². The van der Waals surface area contributed by atoms with Gasteiger partial charge in [-0.3, -0.25) is 0 Å². The monoisotopic (exact) mass is 448 g/mol. The van der Waals surface area contributed by atoms with Crippen LogP contribution in [0.3, 0.4) is 0 Å². The first-order valence-electron chi connectivity index (χ1n) is 0.756. The van der Waals surface area contributed by atoms with Crippen LogP contribution in [0.2, 0.25) is 0 Å². The van der Waals surface area contributed by atoms with Gasteiger partial charge in [0.15, 0.2) is 0 Å². The fourth-order valence-electron chi connectivity index (χ4n) is 0. The van der Waals surface area contributed by atoms with E-state index in [9.17, 15) is 0 Å². The van der Waals surface area contributed by atoms with Crippen molar-refractivity contribution in [2.24, 2.45) is 0 Å². The Morgan fingerprint density at radius 1 is 0.857 bits per heavy atom. The van der Waals surface area contributed by atoms with E-state index in [1.165, 1.54) is 0 Å². The van der Waals surface area contributed by atoms with Gasteiger partial charge in [0.1, 0.15) is 0 Å². The molecule has 0 amide bonds. The Kier molecular flexibility index (Phi) is 20.0. The van der Waals surface area contributed by atoms with E-state index < -0.39 is 13.9 Å². The van der Waals surface area contributed by atoms with Crippen molar-refractivity contribution in [3.05, 3.63) is 0 Å². The van der Waals surface area contributed by atoms with E-state index in [4.69, 9.17) is 35.7 Å². The SMILES string of the molecule is [Ce].[Cl][Sn]([Cl])([Cl])[Cl].[Ti]. The molecular weight excluding hydrogens is 449 g/mol. The van der Waals surface area contributed by atoms with Crippen molar-refractivity contribution in [2.75, 3.05) is 0 Å². The second-order valence-electron chi connectivity index (χ2n) is 0.429. The van der Waals surface area contributed by atoms with Gasteiger partial charge in [-0.25, -0.2) is 0 Å². The van der Waals surface area contributed by atoms with E-state index in [1.807, 2.05) is 0 Å². The van der Waals surface area contributed by atoms with Gasteiger partial charge in [0.25, 0.3) is 0 Å². The Hall–Kier alpha value is 4.05. The summed E-state index contributed by atoms with van der Waals surface area (Å²) in [6, 6.07) is 0. The number of rotatable bonds is 0. The Labute approximate surface area is 110 Å². The molecule has 0 unspecified atom stereocenters. The van der Waals surface area contributed by atoms with Gasteiger partial charge in [-0.15, -0.1) is 0 Å². The summed E-state index contributed by atoms with van der Waals surface area (Å²) in [5, 5.41) is 0. The van der Waals surface area contributed by atoms with Crippen LogP contribution in [-0.2, 0) is 21.7 Å². The third-order valence-electron chi connectivity index (χ3n) is 0. The summed E-state index contributed by atoms with van der Waals surface area (Å²) in [5.74, 6) is 0. The smallest absolute Gasteiger partial charge is 0 e. The van der Waals surface area contributed by atoms with Gasteiger partial charge in [0.05, 0.1) is 0 Å². The molecule has 40 valence electrons. The van der Waals surface area contributed by atoms with Crippen LogP contribution in [0.1, 0.15) is 0 Å². The van der Waals surface area contributed by atoms with Crippen molar-refractivity contribution >= 4 is 49.6 Å². The number of hydrogen-bond acceptors (Lipinski definition) is 0. The molecule has 0 aromatic rings. The molecule has 0 aromatic carbocycles. The molecule has 0 rings (SSSR count). The fraction of sp³-hybridized carbons (Fsp3) is 0. The Balaban J connectivity index is -0.0000000800. The zero-order valence-electron chi connectivity index (χ0n) is 3.01. The third-order valence-corrected chi connectivity index (χ3v) is 0. The minimum atomic E-state index is -3.29. The van der Waals surface area contributed by atoms with Gasteiger partial charge in [-0.1, -0.05) is 0 Å². The van der Waals surface area contributed by atoms with E-state index >= 15 is 0 Å². The zero-order valence-corrected chi connectivity index (χ0v) is 13.6. The van der Waals surface area contributed by atoms with Crippen molar-refractivity contribution in [3.8, 4) is 0 Å². The van der Waals surface area contributed by atoms with Crippen molar-refractivity contribution < 1.29 is 63.5 Å². The van der Waals surface area contributed by atoms with Crippen LogP contribution in [0.25, 0.3) is 0 Å². The molecule has 7 heteroatoms. The quantitative estimate of drug-likeness (QED) is 0.500. The summed E-state index contributed by atoms with van der Waals surface area (Å²) >= 11 is -3.29. The van der Waals surface area contributed by atoms with Crippen LogP contribution in [0.5, 0.6) is 0 Å². The minimum absolute atomic E-state index is 0. The summed E-state index contributed by atoms with van der Waals surface area (Å²) in [5.41, 5.74) is 0. The molecule has 0 spiro atoms. The van der Waals surface area contributed by atoms with E-state index in [-0.39, 0.29) is 63.5 Å². The predicted molar refractivity (Wildman–Crippen MR) is 29.2 cm³/mol. The molecule has 0 heterocycles. The third kappa shape index (κ3) is 39.7. The topological polar surface area (TPSA) is 0 Å². The van der Waals surface area contributed by atoms with Crippen LogP contribution < -0.4 is 0 Å². The second-order valence-corrected chi connectivity index (χ2v) is 25.9. The molecule has 0 saturated carbocycles. The molecule has 0 aliphatic heterocycles. The first kappa shape index (κ1) is 17.2. The molecule has 0 aromatic heterocycles. The molecule has 0 bridgehead atoms. The summed E-state index contributed by atoms with van der Waals surface area (Å²) in [7, 11) is 20.1.